The summed E-state index contributed by atoms with van der Waals surface area (Å²) >= 11 is 5.91. The lowest BCUT2D eigenvalue weighted by molar-refractivity contribution is -0.137. The average molecular weight is 267 g/mol. The van der Waals surface area contributed by atoms with Gasteiger partial charge in [0.15, 0.2) is 0 Å². The number of carbonyl (C=O) groups is 1. The number of hydrogen-bond acceptors (Lipinski definition) is 2. The Balaban J connectivity index is 2.09. The lowest BCUT2D eigenvalue weighted by atomic mass is 10.0. The van der Waals surface area contributed by atoms with Crippen LogP contribution in [0.1, 0.15) is 18.4 Å². The molecule has 96 valence electrons. The third-order valence-corrected chi connectivity index (χ3v) is 3.18. The molecule has 0 saturated heterocycles. The molecule has 0 aliphatic heterocycles. The average Bonchev–Trinajstić information content (AvgIpc) is 2.69. The summed E-state index contributed by atoms with van der Waals surface area (Å²) in [5.74, 6) is -0.809. The van der Waals surface area contributed by atoms with Gasteiger partial charge in [0.1, 0.15) is 0 Å². The molecule has 1 atom stereocenters. The summed E-state index contributed by atoms with van der Waals surface area (Å²) in [6.07, 6.45) is 3.15. The van der Waals surface area contributed by atoms with E-state index >= 15 is 0 Å². The number of nitrogens with two attached hydrogens (primary N) is 1. The van der Waals surface area contributed by atoms with Gasteiger partial charge in [-0.25, -0.2) is 0 Å². The largest absolute Gasteiger partial charge is 0.481 e. The van der Waals surface area contributed by atoms with Crippen LogP contribution in [0.25, 0.3) is 10.9 Å². The number of aromatic amines is 1. The highest BCUT2D eigenvalue weighted by Crippen LogP contribution is 2.23. The smallest absolute Gasteiger partial charge is 0.303 e. The summed E-state index contributed by atoms with van der Waals surface area (Å²) in [5.41, 5.74) is 8.00. The number of halogens is 1. The predicted molar refractivity (Wildman–Crippen MR) is 71.9 cm³/mol. The number of fused-ring (bicyclic) bond motifs is 1. The van der Waals surface area contributed by atoms with Gasteiger partial charge < -0.3 is 15.8 Å². The van der Waals surface area contributed by atoms with Gasteiger partial charge in [0.2, 0.25) is 0 Å². The third-order valence-electron chi connectivity index (χ3n) is 2.94. The second kappa shape index (κ2) is 5.42. The van der Waals surface area contributed by atoms with Crippen molar-refractivity contribution in [3.8, 4) is 0 Å². The molecule has 0 bridgehead atoms. The summed E-state index contributed by atoms with van der Waals surface area (Å²) in [6.45, 7) is 0. The van der Waals surface area contributed by atoms with Gasteiger partial charge in [0.05, 0.1) is 0 Å². The van der Waals surface area contributed by atoms with Gasteiger partial charge >= 0.3 is 5.97 Å². The molecule has 1 aromatic heterocycles. The van der Waals surface area contributed by atoms with Crippen molar-refractivity contribution in [2.24, 2.45) is 5.73 Å². The Bertz CT molecular complexity index is 565. The van der Waals surface area contributed by atoms with Crippen LogP contribution in [0.3, 0.4) is 0 Å². The fourth-order valence-corrected chi connectivity index (χ4v) is 2.19. The molecule has 4 N–H and O–H groups in total. The molecule has 0 aliphatic carbocycles. The Labute approximate surface area is 110 Å². The minimum atomic E-state index is -0.809. The van der Waals surface area contributed by atoms with Crippen molar-refractivity contribution in [3.63, 3.8) is 0 Å². The number of aliphatic carboxylic acids is 1. The van der Waals surface area contributed by atoms with Crippen LogP contribution in [0.4, 0.5) is 0 Å². The van der Waals surface area contributed by atoms with E-state index in [4.69, 9.17) is 22.4 Å². The fourth-order valence-electron chi connectivity index (χ4n) is 2.02. The van der Waals surface area contributed by atoms with Gasteiger partial charge in [-0.2, -0.15) is 0 Å². The molecular weight excluding hydrogens is 252 g/mol. The highest BCUT2D eigenvalue weighted by molar-refractivity contribution is 6.31. The summed E-state index contributed by atoms with van der Waals surface area (Å²) in [4.78, 5) is 13.6. The van der Waals surface area contributed by atoms with E-state index in [1.54, 1.807) is 0 Å². The highest BCUT2D eigenvalue weighted by atomic mass is 35.5. The Hall–Kier alpha value is -1.52. The van der Waals surface area contributed by atoms with Crippen LogP contribution >= 0.6 is 11.6 Å². The normalized spacial score (nSPS) is 12.8. The zero-order valence-electron chi connectivity index (χ0n) is 9.82. The van der Waals surface area contributed by atoms with Crippen LogP contribution in [0, 0.1) is 0 Å². The van der Waals surface area contributed by atoms with Crippen LogP contribution in [-0.4, -0.2) is 22.1 Å². The number of aromatic nitrogens is 1. The number of H-pyrrole nitrogens is 1. The van der Waals surface area contributed by atoms with Crippen molar-refractivity contribution in [3.05, 3.63) is 35.0 Å². The molecule has 4 nitrogen and oxygen atoms in total. The highest BCUT2D eigenvalue weighted by Gasteiger charge is 2.10. The Morgan fingerprint density at radius 1 is 1.50 bits per heavy atom. The topological polar surface area (TPSA) is 79.1 Å². The molecule has 1 aromatic carbocycles. The molecule has 1 unspecified atom stereocenters. The Morgan fingerprint density at radius 3 is 3.00 bits per heavy atom. The molecule has 0 radical (unpaired) electrons. The standard InChI is InChI=1S/C13H15ClN2O2/c14-9-1-3-11-8(7-16-12(11)6-9)5-10(15)2-4-13(17)18/h1,3,6-7,10,16H,2,4-5,15H2,(H,17,18). The summed E-state index contributed by atoms with van der Waals surface area (Å²) in [6, 6.07) is 5.51. The van der Waals surface area contributed by atoms with E-state index in [2.05, 4.69) is 4.98 Å². The second-order valence-corrected chi connectivity index (χ2v) is 4.84. The van der Waals surface area contributed by atoms with E-state index in [0.717, 1.165) is 16.5 Å². The maximum atomic E-state index is 10.5. The van der Waals surface area contributed by atoms with Crippen molar-refractivity contribution >= 4 is 28.5 Å². The van der Waals surface area contributed by atoms with Gasteiger partial charge in [0, 0.05) is 34.6 Å². The number of carboxylic acids is 1. The molecule has 18 heavy (non-hydrogen) atoms. The summed E-state index contributed by atoms with van der Waals surface area (Å²) in [5, 5.41) is 10.4. The van der Waals surface area contributed by atoms with Gasteiger partial charge in [-0.1, -0.05) is 17.7 Å². The van der Waals surface area contributed by atoms with Crippen LogP contribution < -0.4 is 5.73 Å². The molecule has 0 aliphatic rings. The number of carboxylic acid groups (broad SMARTS) is 1. The molecule has 0 amide bonds. The lowest BCUT2D eigenvalue weighted by Crippen LogP contribution is -2.23. The lowest BCUT2D eigenvalue weighted by Gasteiger charge is -2.09. The monoisotopic (exact) mass is 266 g/mol. The quantitative estimate of drug-likeness (QED) is 0.778. The SMILES string of the molecule is NC(CCC(=O)O)Cc1c[nH]c2cc(Cl)ccc12. The third kappa shape index (κ3) is 3.03. The zero-order chi connectivity index (χ0) is 13.1. The van der Waals surface area contributed by atoms with E-state index in [1.165, 1.54) is 0 Å². The van der Waals surface area contributed by atoms with Crippen molar-refractivity contribution in [1.29, 1.82) is 0 Å². The summed E-state index contributed by atoms with van der Waals surface area (Å²) < 4.78 is 0. The number of rotatable bonds is 5. The first kappa shape index (κ1) is 12.9. The van der Waals surface area contributed by atoms with E-state index in [9.17, 15) is 4.79 Å². The summed E-state index contributed by atoms with van der Waals surface area (Å²) in [7, 11) is 0. The molecule has 2 rings (SSSR count). The van der Waals surface area contributed by atoms with Crippen molar-refractivity contribution in [2.45, 2.75) is 25.3 Å². The van der Waals surface area contributed by atoms with Crippen LogP contribution in [0.2, 0.25) is 5.02 Å². The van der Waals surface area contributed by atoms with E-state index < -0.39 is 5.97 Å². The Morgan fingerprint density at radius 2 is 2.28 bits per heavy atom. The number of hydrogen-bond donors (Lipinski definition) is 3. The van der Waals surface area contributed by atoms with Gasteiger partial charge in [-0.05, 0) is 30.5 Å². The predicted octanol–water partition coefficient (Wildman–Crippen LogP) is 2.56. The number of nitrogens with one attached hydrogen (secondary N) is 1. The first-order valence-electron chi connectivity index (χ1n) is 5.79. The zero-order valence-corrected chi connectivity index (χ0v) is 10.6. The van der Waals surface area contributed by atoms with Crippen molar-refractivity contribution < 1.29 is 9.90 Å². The molecule has 0 saturated carbocycles. The molecule has 0 spiro atoms. The first-order chi connectivity index (χ1) is 8.56. The van der Waals surface area contributed by atoms with Crippen molar-refractivity contribution in [2.75, 3.05) is 0 Å². The fraction of sp³-hybridized carbons (Fsp3) is 0.308. The maximum Gasteiger partial charge on any atom is 0.303 e. The van der Waals surface area contributed by atoms with Crippen LogP contribution in [0.15, 0.2) is 24.4 Å². The number of benzene rings is 1. The van der Waals surface area contributed by atoms with E-state index in [1.807, 2.05) is 24.4 Å². The Kier molecular flexibility index (Phi) is 3.89. The van der Waals surface area contributed by atoms with Gasteiger partial charge in [-0.15, -0.1) is 0 Å². The van der Waals surface area contributed by atoms with Gasteiger partial charge in [-0.3, -0.25) is 4.79 Å². The van der Waals surface area contributed by atoms with Crippen LogP contribution in [-0.2, 0) is 11.2 Å². The second-order valence-electron chi connectivity index (χ2n) is 4.40. The molecule has 5 heteroatoms. The van der Waals surface area contributed by atoms with Crippen LogP contribution in [0.5, 0.6) is 0 Å². The minimum absolute atomic E-state index is 0.106. The van der Waals surface area contributed by atoms with E-state index in [0.29, 0.717) is 17.9 Å². The minimum Gasteiger partial charge on any atom is -0.481 e. The molecule has 0 fully saturated rings. The van der Waals surface area contributed by atoms with Gasteiger partial charge in [0.25, 0.3) is 0 Å². The molecule has 2 aromatic rings. The molecular formula is C13H15ClN2O2. The molecule has 1 heterocycles. The maximum absolute atomic E-state index is 10.5. The van der Waals surface area contributed by atoms with Crippen molar-refractivity contribution in [1.82, 2.24) is 4.98 Å². The first-order valence-corrected chi connectivity index (χ1v) is 6.17. The van der Waals surface area contributed by atoms with E-state index in [-0.39, 0.29) is 12.5 Å².